The fraction of sp³-hybridized carbons (Fsp3) is 1.00. The molecule has 0 aromatic carbocycles. The van der Waals surface area contributed by atoms with Crippen molar-refractivity contribution in [2.24, 2.45) is 5.41 Å². The Morgan fingerprint density at radius 3 is 1.62 bits per heavy atom. The van der Waals surface area contributed by atoms with Crippen molar-refractivity contribution in [3.05, 3.63) is 0 Å². The van der Waals surface area contributed by atoms with Crippen LogP contribution in [0.5, 0.6) is 0 Å². The summed E-state index contributed by atoms with van der Waals surface area (Å²) in [6, 6.07) is 0. The second-order valence-electron chi connectivity index (χ2n) is 4.92. The molecule has 0 aliphatic carbocycles. The van der Waals surface area contributed by atoms with Gasteiger partial charge in [-0.25, -0.2) is 0 Å². The van der Waals surface area contributed by atoms with Crippen LogP contribution in [0.4, 0.5) is 0 Å². The normalized spacial score (nSPS) is 13.4. The summed E-state index contributed by atoms with van der Waals surface area (Å²) >= 11 is 0. The molecule has 0 aliphatic heterocycles. The van der Waals surface area contributed by atoms with Gasteiger partial charge in [0.25, 0.3) is 0 Å². The minimum atomic E-state index is 0.0472. The summed E-state index contributed by atoms with van der Waals surface area (Å²) in [5, 5.41) is 0. The van der Waals surface area contributed by atoms with Gasteiger partial charge in [-0.1, -0.05) is 27.7 Å². The molecule has 0 saturated carbocycles. The van der Waals surface area contributed by atoms with Crippen LogP contribution in [-0.2, 0) is 4.74 Å². The summed E-state index contributed by atoms with van der Waals surface area (Å²) in [6.07, 6.45) is 3.48. The van der Waals surface area contributed by atoms with Gasteiger partial charge in [0.15, 0.2) is 0 Å². The van der Waals surface area contributed by atoms with Gasteiger partial charge in [-0.15, -0.1) is 0 Å². The van der Waals surface area contributed by atoms with E-state index in [2.05, 4.69) is 41.5 Å². The lowest BCUT2D eigenvalue weighted by Gasteiger charge is -2.32. The van der Waals surface area contributed by atoms with Crippen LogP contribution in [-0.4, -0.2) is 12.2 Å². The topological polar surface area (TPSA) is 9.23 Å². The van der Waals surface area contributed by atoms with Crippen molar-refractivity contribution >= 4 is 0 Å². The summed E-state index contributed by atoms with van der Waals surface area (Å²) in [5.41, 5.74) is 0.415. The van der Waals surface area contributed by atoms with Gasteiger partial charge in [-0.05, 0) is 38.5 Å². The Kier molecular flexibility index (Phi) is 4.98. The fourth-order valence-electron chi connectivity index (χ4n) is 0.926. The minimum absolute atomic E-state index is 0.0472. The van der Waals surface area contributed by atoms with Gasteiger partial charge in [-0.2, -0.15) is 0 Å². The lowest BCUT2D eigenvalue weighted by Crippen LogP contribution is -2.31. The molecule has 0 fully saturated rings. The Morgan fingerprint density at radius 1 is 0.846 bits per heavy atom. The molecule has 0 spiro atoms. The van der Waals surface area contributed by atoms with Crippen molar-refractivity contribution < 1.29 is 4.74 Å². The zero-order valence-electron chi connectivity index (χ0n) is 10.2. The molecule has 0 aromatic heterocycles. The minimum Gasteiger partial charge on any atom is -0.375 e. The predicted molar refractivity (Wildman–Crippen MR) is 59.0 cm³/mol. The third kappa shape index (κ3) is 4.66. The molecule has 0 aromatic rings. The summed E-state index contributed by atoms with van der Waals surface area (Å²) in [5.74, 6) is 0. The van der Waals surface area contributed by atoms with E-state index < -0.39 is 0 Å². The first-order valence-electron chi connectivity index (χ1n) is 5.53. The molecule has 0 saturated heterocycles. The molecule has 0 rings (SSSR count). The van der Waals surface area contributed by atoms with E-state index in [1.165, 1.54) is 12.8 Å². The maximum atomic E-state index is 5.93. The van der Waals surface area contributed by atoms with E-state index in [0.29, 0.717) is 5.41 Å². The molecular formula is C12H26O. The predicted octanol–water partition coefficient (Wildman–Crippen LogP) is 4.02. The largest absolute Gasteiger partial charge is 0.375 e. The molecule has 0 aliphatic rings. The summed E-state index contributed by atoms with van der Waals surface area (Å²) < 4.78 is 5.93. The standard InChI is InChI=1S/C12H26O/c1-7-11(4,5)13-10-12(6,8-2)9-3/h7-10H2,1-6H3. The quantitative estimate of drug-likeness (QED) is 0.609. The molecule has 0 atom stereocenters. The van der Waals surface area contributed by atoms with E-state index in [0.717, 1.165) is 13.0 Å². The van der Waals surface area contributed by atoms with Crippen LogP contribution < -0.4 is 0 Å². The third-order valence-electron chi connectivity index (χ3n) is 3.37. The van der Waals surface area contributed by atoms with Gasteiger partial charge in [0.1, 0.15) is 0 Å². The maximum Gasteiger partial charge on any atom is 0.0624 e. The molecule has 0 heterocycles. The molecule has 13 heavy (non-hydrogen) atoms. The summed E-state index contributed by atoms with van der Waals surface area (Å²) in [4.78, 5) is 0. The van der Waals surface area contributed by atoms with E-state index in [9.17, 15) is 0 Å². The Bertz CT molecular complexity index is 134. The number of rotatable bonds is 6. The van der Waals surface area contributed by atoms with Crippen molar-refractivity contribution in [2.75, 3.05) is 6.61 Å². The van der Waals surface area contributed by atoms with E-state index in [4.69, 9.17) is 4.74 Å². The first-order chi connectivity index (χ1) is 5.89. The highest BCUT2D eigenvalue weighted by molar-refractivity contribution is 4.73. The van der Waals surface area contributed by atoms with E-state index >= 15 is 0 Å². The number of hydrogen-bond donors (Lipinski definition) is 0. The van der Waals surface area contributed by atoms with Crippen LogP contribution in [0.3, 0.4) is 0 Å². The third-order valence-corrected chi connectivity index (χ3v) is 3.37. The lowest BCUT2D eigenvalue weighted by molar-refractivity contribution is -0.0627. The van der Waals surface area contributed by atoms with E-state index in [1.54, 1.807) is 0 Å². The molecule has 1 nitrogen and oxygen atoms in total. The SMILES string of the molecule is CCC(C)(CC)COC(C)(C)CC. The van der Waals surface area contributed by atoms with Gasteiger partial charge in [0.05, 0.1) is 12.2 Å². The van der Waals surface area contributed by atoms with Gasteiger partial charge < -0.3 is 4.74 Å². The Labute approximate surface area is 83.9 Å². The van der Waals surface area contributed by atoms with Crippen molar-refractivity contribution in [1.82, 2.24) is 0 Å². The highest BCUT2D eigenvalue weighted by atomic mass is 16.5. The highest BCUT2D eigenvalue weighted by Crippen LogP contribution is 2.28. The van der Waals surface area contributed by atoms with Crippen molar-refractivity contribution in [3.8, 4) is 0 Å². The molecule has 0 bridgehead atoms. The molecule has 0 amide bonds. The molecule has 1 heteroatoms. The van der Waals surface area contributed by atoms with E-state index in [1.807, 2.05) is 0 Å². The van der Waals surface area contributed by atoms with E-state index in [-0.39, 0.29) is 5.60 Å². The molecule has 0 N–H and O–H groups in total. The Balaban J connectivity index is 3.99. The number of hydrogen-bond acceptors (Lipinski definition) is 1. The van der Waals surface area contributed by atoms with Gasteiger partial charge in [0, 0.05) is 0 Å². The average Bonchev–Trinajstić information content (AvgIpc) is 2.14. The van der Waals surface area contributed by atoms with Crippen molar-refractivity contribution in [2.45, 2.75) is 66.4 Å². The summed E-state index contributed by atoms with van der Waals surface area (Å²) in [7, 11) is 0. The van der Waals surface area contributed by atoms with Crippen molar-refractivity contribution in [1.29, 1.82) is 0 Å². The van der Waals surface area contributed by atoms with Crippen LogP contribution in [0.25, 0.3) is 0 Å². The monoisotopic (exact) mass is 186 g/mol. The Morgan fingerprint density at radius 2 is 1.31 bits per heavy atom. The van der Waals surface area contributed by atoms with Crippen molar-refractivity contribution in [3.63, 3.8) is 0 Å². The van der Waals surface area contributed by atoms with Gasteiger partial charge >= 0.3 is 0 Å². The van der Waals surface area contributed by atoms with Crippen LogP contribution in [0.15, 0.2) is 0 Å². The fourth-order valence-corrected chi connectivity index (χ4v) is 0.926. The lowest BCUT2D eigenvalue weighted by atomic mass is 9.85. The first kappa shape index (κ1) is 13.0. The van der Waals surface area contributed by atoms with Crippen LogP contribution in [0.2, 0.25) is 0 Å². The average molecular weight is 186 g/mol. The Hall–Kier alpha value is -0.0400. The van der Waals surface area contributed by atoms with Gasteiger partial charge in [-0.3, -0.25) is 0 Å². The zero-order valence-corrected chi connectivity index (χ0v) is 10.2. The van der Waals surface area contributed by atoms with Crippen LogP contribution in [0, 0.1) is 5.41 Å². The second kappa shape index (κ2) is 4.99. The van der Waals surface area contributed by atoms with Crippen LogP contribution in [0.1, 0.15) is 60.8 Å². The molecule has 0 unspecified atom stereocenters. The molecule has 80 valence electrons. The second-order valence-corrected chi connectivity index (χ2v) is 4.92. The molecular weight excluding hydrogens is 160 g/mol. The first-order valence-corrected chi connectivity index (χ1v) is 5.53. The smallest absolute Gasteiger partial charge is 0.0624 e. The van der Waals surface area contributed by atoms with Gasteiger partial charge in [0.2, 0.25) is 0 Å². The zero-order chi connectivity index (χ0) is 10.5. The maximum absolute atomic E-state index is 5.93. The highest BCUT2D eigenvalue weighted by Gasteiger charge is 2.24. The summed E-state index contributed by atoms with van der Waals surface area (Å²) in [6.45, 7) is 14.2. The number of ether oxygens (including phenoxy) is 1. The molecule has 0 radical (unpaired) electrons. The van der Waals surface area contributed by atoms with Crippen LogP contribution >= 0.6 is 0 Å².